The first-order valence-electron chi connectivity index (χ1n) is 10.7. The van der Waals surface area contributed by atoms with Crippen molar-refractivity contribution in [2.75, 3.05) is 38.2 Å². The third-order valence-corrected chi connectivity index (χ3v) is 5.32. The van der Waals surface area contributed by atoms with Gasteiger partial charge in [-0.1, -0.05) is 42.5 Å². The number of nitrogens with zero attached hydrogens (tertiary/aromatic N) is 2. The molecule has 0 atom stereocenters. The Hall–Kier alpha value is -2.93. The maximum absolute atomic E-state index is 12.7. The molecule has 4 rings (SSSR count). The fourth-order valence-corrected chi connectivity index (χ4v) is 3.75. The molecule has 2 aromatic carbocycles. The zero-order valence-corrected chi connectivity index (χ0v) is 17.7. The fourth-order valence-electron chi connectivity index (χ4n) is 3.75. The summed E-state index contributed by atoms with van der Waals surface area (Å²) in [5.41, 5.74) is 3.21. The summed E-state index contributed by atoms with van der Waals surface area (Å²) in [5, 5.41) is 3.02. The van der Waals surface area contributed by atoms with E-state index in [1.807, 2.05) is 42.5 Å². The van der Waals surface area contributed by atoms with Crippen LogP contribution >= 0.6 is 0 Å². The summed E-state index contributed by atoms with van der Waals surface area (Å²) in [6.07, 6.45) is 1.66. The molecule has 0 spiro atoms. The lowest BCUT2D eigenvalue weighted by Crippen LogP contribution is -2.35. The second-order valence-corrected chi connectivity index (χ2v) is 7.84. The predicted molar refractivity (Wildman–Crippen MR) is 120 cm³/mol. The second-order valence-electron chi connectivity index (χ2n) is 7.84. The normalized spacial score (nSPS) is 14.6. The van der Waals surface area contributed by atoms with E-state index in [4.69, 9.17) is 9.15 Å². The smallest absolute Gasteiger partial charge is 0.238 e. The van der Waals surface area contributed by atoms with Crippen molar-refractivity contribution in [3.63, 3.8) is 0 Å². The molecule has 1 aliphatic rings. The number of benzene rings is 2. The molecular weight excluding hydrogens is 390 g/mol. The molecule has 2 heterocycles. The van der Waals surface area contributed by atoms with E-state index in [2.05, 4.69) is 39.4 Å². The molecule has 0 unspecified atom stereocenters. The van der Waals surface area contributed by atoms with Gasteiger partial charge in [0.2, 0.25) is 5.91 Å². The number of morpholine rings is 1. The van der Waals surface area contributed by atoms with E-state index in [1.165, 1.54) is 5.56 Å². The molecule has 0 saturated carbocycles. The van der Waals surface area contributed by atoms with Gasteiger partial charge in [-0.25, -0.2) is 0 Å². The number of hydrogen-bond acceptors (Lipinski definition) is 5. The maximum Gasteiger partial charge on any atom is 0.238 e. The third-order valence-electron chi connectivity index (χ3n) is 5.32. The Balaban J connectivity index is 1.33. The van der Waals surface area contributed by atoms with Crippen LogP contribution in [0.2, 0.25) is 0 Å². The van der Waals surface area contributed by atoms with E-state index in [0.29, 0.717) is 13.1 Å². The number of hydrogen-bond donors (Lipinski definition) is 1. The highest BCUT2D eigenvalue weighted by atomic mass is 16.5. The van der Waals surface area contributed by atoms with Crippen LogP contribution in [0, 0.1) is 0 Å². The first-order valence-corrected chi connectivity index (χ1v) is 10.7. The zero-order chi connectivity index (χ0) is 21.3. The molecular formula is C25H29N3O3. The minimum Gasteiger partial charge on any atom is -0.468 e. The standard InChI is InChI=1S/C25H29N3O3/c29-25(26-23-10-8-22(9-11-23)17-27-12-15-30-16-13-27)20-28(19-24-7-4-14-31-24)18-21-5-2-1-3-6-21/h1-11,14H,12-13,15-20H2,(H,26,29). The van der Waals surface area contributed by atoms with Crippen molar-refractivity contribution in [2.45, 2.75) is 19.6 Å². The molecule has 1 amide bonds. The van der Waals surface area contributed by atoms with Crippen LogP contribution in [0.25, 0.3) is 0 Å². The minimum absolute atomic E-state index is 0.0385. The third kappa shape index (κ3) is 6.79. The van der Waals surface area contributed by atoms with Gasteiger partial charge in [0.1, 0.15) is 5.76 Å². The molecule has 6 heteroatoms. The van der Waals surface area contributed by atoms with Crippen LogP contribution < -0.4 is 5.32 Å². The van der Waals surface area contributed by atoms with Crippen molar-refractivity contribution >= 4 is 11.6 Å². The van der Waals surface area contributed by atoms with Gasteiger partial charge in [-0.2, -0.15) is 0 Å². The van der Waals surface area contributed by atoms with Crippen molar-refractivity contribution in [3.8, 4) is 0 Å². The number of anilines is 1. The van der Waals surface area contributed by atoms with Crippen molar-refractivity contribution in [2.24, 2.45) is 0 Å². The summed E-state index contributed by atoms with van der Waals surface area (Å²) in [6, 6.07) is 22.1. The Morgan fingerprint density at radius 2 is 1.68 bits per heavy atom. The fraction of sp³-hybridized carbons (Fsp3) is 0.320. The largest absolute Gasteiger partial charge is 0.468 e. The highest BCUT2D eigenvalue weighted by Gasteiger charge is 2.14. The van der Waals surface area contributed by atoms with E-state index in [1.54, 1.807) is 6.26 Å². The average Bonchev–Trinajstić information content (AvgIpc) is 3.29. The summed E-state index contributed by atoms with van der Waals surface area (Å²) in [5.74, 6) is 0.805. The monoisotopic (exact) mass is 419 g/mol. The van der Waals surface area contributed by atoms with Gasteiger partial charge in [0, 0.05) is 31.9 Å². The van der Waals surface area contributed by atoms with E-state index < -0.39 is 0 Å². The van der Waals surface area contributed by atoms with Crippen molar-refractivity contribution < 1.29 is 13.9 Å². The molecule has 1 aliphatic heterocycles. The Labute approximate surface area is 183 Å². The van der Waals surface area contributed by atoms with Crippen LogP contribution in [0.4, 0.5) is 5.69 Å². The lowest BCUT2D eigenvalue weighted by atomic mass is 10.2. The molecule has 162 valence electrons. The van der Waals surface area contributed by atoms with Crippen LogP contribution in [-0.4, -0.2) is 48.6 Å². The SMILES string of the molecule is O=C(CN(Cc1ccccc1)Cc1ccco1)Nc1ccc(CN2CCOCC2)cc1. The summed E-state index contributed by atoms with van der Waals surface area (Å²) in [7, 11) is 0. The van der Waals surface area contributed by atoms with Gasteiger partial charge in [-0.05, 0) is 35.4 Å². The molecule has 6 nitrogen and oxygen atoms in total. The van der Waals surface area contributed by atoms with E-state index in [0.717, 1.165) is 49.9 Å². The predicted octanol–water partition coefficient (Wildman–Crippen LogP) is 3.75. The van der Waals surface area contributed by atoms with Crippen molar-refractivity contribution in [1.29, 1.82) is 0 Å². The highest BCUT2D eigenvalue weighted by Crippen LogP contribution is 2.14. The van der Waals surface area contributed by atoms with Gasteiger partial charge in [-0.3, -0.25) is 14.6 Å². The van der Waals surface area contributed by atoms with E-state index in [9.17, 15) is 4.79 Å². The number of amides is 1. The van der Waals surface area contributed by atoms with Gasteiger partial charge in [0.25, 0.3) is 0 Å². The van der Waals surface area contributed by atoms with Crippen LogP contribution in [0.1, 0.15) is 16.9 Å². The molecule has 1 saturated heterocycles. The Kier molecular flexibility index (Phi) is 7.50. The lowest BCUT2D eigenvalue weighted by Gasteiger charge is -2.26. The summed E-state index contributed by atoms with van der Waals surface area (Å²) >= 11 is 0. The van der Waals surface area contributed by atoms with E-state index in [-0.39, 0.29) is 12.5 Å². The zero-order valence-electron chi connectivity index (χ0n) is 17.7. The van der Waals surface area contributed by atoms with Gasteiger partial charge in [-0.15, -0.1) is 0 Å². The van der Waals surface area contributed by atoms with Gasteiger partial charge in [0.05, 0.1) is 32.6 Å². The average molecular weight is 420 g/mol. The number of carbonyl (C=O) groups is 1. The Morgan fingerprint density at radius 1 is 0.903 bits per heavy atom. The van der Waals surface area contributed by atoms with Gasteiger partial charge in [0.15, 0.2) is 0 Å². The number of nitrogens with one attached hydrogen (secondary N) is 1. The summed E-state index contributed by atoms with van der Waals surface area (Å²) in [6.45, 7) is 5.96. The lowest BCUT2D eigenvalue weighted by molar-refractivity contribution is -0.117. The molecule has 1 fully saturated rings. The molecule has 1 aromatic heterocycles. The number of rotatable bonds is 9. The minimum atomic E-state index is -0.0385. The highest BCUT2D eigenvalue weighted by molar-refractivity contribution is 5.92. The molecule has 1 N–H and O–H groups in total. The first kappa shape index (κ1) is 21.3. The Morgan fingerprint density at radius 3 is 2.39 bits per heavy atom. The van der Waals surface area contributed by atoms with E-state index >= 15 is 0 Å². The number of carbonyl (C=O) groups excluding carboxylic acids is 1. The quantitative estimate of drug-likeness (QED) is 0.572. The van der Waals surface area contributed by atoms with Crippen LogP contribution in [0.5, 0.6) is 0 Å². The molecule has 31 heavy (non-hydrogen) atoms. The first-order chi connectivity index (χ1) is 15.2. The van der Waals surface area contributed by atoms with Gasteiger partial charge < -0.3 is 14.5 Å². The molecule has 3 aromatic rings. The van der Waals surface area contributed by atoms with Gasteiger partial charge >= 0.3 is 0 Å². The van der Waals surface area contributed by atoms with Crippen LogP contribution in [0.3, 0.4) is 0 Å². The Bertz CT molecular complexity index is 920. The van der Waals surface area contributed by atoms with Crippen LogP contribution in [0.15, 0.2) is 77.4 Å². The summed E-state index contributed by atoms with van der Waals surface area (Å²) < 4.78 is 10.9. The molecule has 0 aliphatic carbocycles. The van der Waals surface area contributed by atoms with Crippen molar-refractivity contribution in [1.82, 2.24) is 9.80 Å². The molecule has 0 radical (unpaired) electrons. The van der Waals surface area contributed by atoms with Crippen LogP contribution in [-0.2, 0) is 29.2 Å². The number of furan rings is 1. The summed E-state index contributed by atoms with van der Waals surface area (Å²) in [4.78, 5) is 17.2. The maximum atomic E-state index is 12.7. The van der Waals surface area contributed by atoms with Crippen molar-refractivity contribution in [3.05, 3.63) is 89.9 Å². The second kappa shape index (κ2) is 10.9. The molecule has 0 bridgehead atoms. The number of ether oxygens (including phenoxy) is 1. The topological polar surface area (TPSA) is 58.0 Å².